The van der Waals surface area contributed by atoms with E-state index in [0.717, 1.165) is 37.3 Å². The number of hydrogen-bond acceptors (Lipinski definition) is 5. The summed E-state index contributed by atoms with van der Waals surface area (Å²) in [5, 5.41) is 3.38. The topological polar surface area (TPSA) is 61.4 Å². The van der Waals surface area contributed by atoms with Gasteiger partial charge < -0.3 is 15.1 Å². The molecule has 1 aliphatic heterocycles. The number of piperazine rings is 1. The first-order valence-electron chi connectivity index (χ1n) is 8.27. The lowest BCUT2D eigenvalue weighted by atomic mass is 10.1. The SMILES string of the molecule is Cc1cc(C)c(NC(=O)c2cnc(N3CCN(C)CC3)nc2)c(Cl)c1. The molecule has 25 heavy (non-hydrogen) atoms. The van der Waals surface area contributed by atoms with Crippen LogP contribution in [0.1, 0.15) is 21.5 Å². The van der Waals surface area contributed by atoms with Crippen molar-refractivity contribution >= 4 is 29.1 Å². The zero-order chi connectivity index (χ0) is 18.0. The van der Waals surface area contributed by atoms with E-state index < -0.39 is 0 Å². The Balaban J connectivity index is 1.71. The van der Waals surface area contributed by atoms with Crippen LogP contribution in [0.4, 0.5) is 11.6 Å². The van der Waals surface area contributed by atoms with Gasteiger partial charge in [-0.1, -0.05) is 17.7 Å². The first kappa shape index (κ1) is 17.6. The normalized spacial score (nSPS) is 15.3. The molecule has 6 nitrogen and oxygen atoms in total. The third-order valence-corrected chi connectivity index (χ3v) is 4.65. The van der Waals surface area contributed by atoms with Crippen LogP contribution in [0.3, 0.4) is 0 Å². The van der Waals surface area contributed by atoms with Gasteiger partial charge in [0.2, 0.25) is 5.95 Å². The number of rotatable bonds is 3. The van der Waals surface area contributed by atoms with Gasteiger partial charge in [0.05, 0.1) is 16.3 Å². The summed E-state index contributed by atoms with van der Waals surface area (Å²) in [6.45, 7) is 7.63. The number of likely N-dealkylation sites (N-methyl/N-ethyl adjacent to an activating group) is 1. The van der Waals surface area contributed by atoms with E-state index in [9.17, 15) is 4.79 Å². The molecule has 1 aliphatic rings. The quantitative estimate of drug-likeness (QED) is 0.913. The first-order valence-corrected chi connectivity index (χ1v) is 8.65. The summed E-state index contributed by atoms with van der Waals surface area (Å²) in [4.78, 5) is 25.6. The van der Waals surface area contributed by atoms with Gasteiger partial charge in [-0.05, 0) is 38.1 Å². The average Bonchev–Trinajstić information content (AvgIpc) is 2.59. The van der Waals surface area contributed by atoms with Crippen molar-refractivity contribution in [3.8, 4) is 0 Å². The molecule has 3 rings (SSSR count). The lowest BCUT2D eigenvalue weighted by molar-refractivity contribution is 0.102. The summed E-state index contributed by atoms with van der Waals surface area (Å²) in [5.41, 5.74) is 3.02. The van der Waals surface area contributed by atoms with Gasteiger partial charge in [-0.15, -0.1) is 0 Å². The van der Waals surface area contributed by atoms with E-state index in [1.807, 2.05) is 26.0 Å². The Labute approximate surface area is 152 Å². The summed E-state index contributed by atoms with van der Waals surface area (Å²) < 4.78 is 0. The summed E-state index contributed by atoms with van der Waals surface area (Å²) in [6, 6.07) is 3.81. The second-order valence-corrected chi connectivity index (χ2v) is 6.86. The fourth-order valence-electron chi connectivity index (χ4n) is 2.87. The van der Waals surface area contributed by atoms with Crippen molar-refractivity contribution < 1.29 is 4.79 Å². The van der Waals surface area contributed by atoms with E-state index >= 15 is 0 Å². The van der Waals surface area contributed by atoms with E-state index in [2.05, 4.69) is 32.1 Å². The second-order valence-electron chi connectivity index (χ2n) is 6.45. The number of carbonyl (C=O) groups is 1. The maximum absolute atomic E-state index is 12.5. The number of hydrogen-bond donors (Lipinski definition) is 1. The van der Waals surface area contributed by atoms with Crippen LogP contribution in [0.2, 0.25) is 5.02 Å². The molecular weight excluding hydrogens is 338 g/mol. The number of benzene rings is 1. The number of carbonyl (C=O) groups excluding carboxylic acids is 1. The standard InChI is InChI=1S/C18H22ClN5O/c1-12-8-13(2)16(15(19)9-12)22-17(25)14-10-20-18(21-11-14)24-6-4-23(3)5-7-24/h8-11H,4-7H2,1-3H3,(H,22,25). The first-order chi connectivity index (χ1) is 11.9. The number of aryl methyl sites for hydroxylation is 2. The number of halogens is 1. The molecule has 1 saturated heterocycles. The molecular formula is C18H22ClN5O. The fourth-order valence-corrected chi connectivity index (χ4v) is 3.24. The lowest BCUT2D eigenvalue weighted by Gasteiger charge is -2.32. The maximum Gasteiger partial charge on any atom is 0.258 e. The van der Waals surface area contributed by atoms with E-state index in [1.165, 1.54) is 0 Å². The molecule has 0 aliphatic carbocycles. The molecule has 1 fully saturated rings. The van der Waals surface area contributed by atoms with Crippen molar-refractivity contribution in [2.45, 2.75) is 13.8 Å². The van der Waals surface area contributed by atoms with E-state index in [1.54, 1.807) is 12.4 Å². The Kier molecular flexibility index (Phi) is 5.20. The second kappa shape index (κ2) is 7.37. The highest BCUT2D eigenvalue weighted by Crippen LogP contribution is 2.27. The van der Waals surface area contributed by atoms with Gasteiger partial charge in [0.25, 0.3) is 5.91 Å². The summed E-state index contributed by atoms with van der Waals surface area (Å²) in [6.07, 6.45) is 3.13. The molecule has 1 N–H and O–H groups in total. The Bertz CT molecular complexity index is 747. The van der Waals surface area contributed by atoms with Gasteiger partial charge in [0.15, 0.2) is 0 Å². The zero-order valence-electron chi connectivity index (χ0n) is 14.7. The lowest BCUT2D eigenvalue weighted by Crippen LogP contribution is -2.45. The third-order valence-electron chi connectivity index (χ3n) is 4.36. The van der Waals surface area contributed by atoms with Crippen molar-refractivity contribution in [3.05, 3.63) is 46.2 Å². The van der Waals surface area contributed by atoms with Crippen molar-refractivity contribution in [1.29, 1.82) is 0 Å². The molecule has 2 heterocycles. The molecule has 1 aromatic heterocycles. The molecule has 0 bridgehead atoms. The zero-order valence-corrected chi connectivity index (χ0v) is 15.5. The predicted octanol–water partition coefficient (Wildman–Crippen LogP) is 2.75. The van der Waals surface area contributed by atoms with Crippen molar-refractivity contribution in [3.63, 3.8) is 0 Å². The van der Waals surface area contributed by atoms with E-state index in [0.29, 0.717) is 22.2 Å². The minimum absolute atomic E-state index is 0.265. The van der Waals surface area contributed by atoms with E-state index in [-0.39, 0.29) is 5.91 Å². The molecule has 0 atom stereocenters. The van der Waals surface area contributed by atoms with Crippen LogP contribution in [-0.2, 0) is 0 Å². The molecule has 132 valence electrons. The molecule has 2 aromatic rings. The molecule has 0 unspecified atom stereocenters. The highest BCUT2D eigenvalue weighted by Gasteiger charge is 2.17. The predicted molar refractivity (Wildman–Crippen MR) is 101 cm³/mol. The molecule has 0 radical (unpaired) electrons. The van der Waals surface area contributed by atoms with Gasteiger partial charge in [-0.3, -0.25) is 4.79 Å². The molecule has 1 aromatic carbocycles. The fraction of sp³-hybridized carbons (Fsp3) is 0.389. The van der Waals surface area contributed by atoms with E-state index in [4.69, 9.17) is 11.6 Å². The van der Waals surface area contributed by atoms with Crippen LogP contribution in [-0.4, -0.2) is 54.0 Å². The highest BCUT2D eigenvalue weighted by atomic mass is 35.5. The van der Waals surface area contributed by atoms with Gasteiger partial charge in [-0.2, -0.15) is 0 Å². The molecule has 7 heteroatoms. The summed E-state index contributed by atoms with van der Waals surface area (Å²) in [7, 11) is 2.10. The number of nitrogens with one attached hydrogen (secondary N) is 1. The van der Waals surface area contributed by atoms with Crippen molar-refractivity contribution in [2.24, 2.45) is 0 Å². The summed E-state index contributed by atoms with van der Waals surface area (Å²) in [5.74, 6) is 0.396. The minimum atomic E-state index is -0.265. The Morgan fingerprint density at radius 1 is 1.12 bits per heavy atom. The van der Waals surface area contributed by atoms with Gasteiger partial charge in [0.1, 0.15) is 0 Å². The van der Waals surface area contributed by atoms with Crippen LogP contribution in [0.15, 0.2) is 24.5 Å². The summed E-state index contributed by atoms with van der Waals surface area (Å²) >= 11 is 6.25. The molecule has 0 spiro atoms. The van der Waals surface area contributed by atoms with Crippen LogP contribution in [0.25, 0.3) is 0 Å². The number of amides is 1. The van der Waals surface area contributed by atoms with Crippen LogP contribution in [0, 0.1) is 13.8 Å². The Morgan fingerprint density at radius 2 is 1.76 bits per heavy atom. The van der Waals surface area contributed by atoms with Gasteiger partial charge in [0, 0.05) is 38.6 Å². The minimum Gasteiger partial charge on any atom is -0.338 e. The van der Waals surface area contributed by atoms with Gasteiger partial charge in [-0.25, -0.2) is 9.97 Å². The largest absolute Gasteiger partial charge is 0.338 e. The number of aromatic nitrogens is 2. The average molecular weight is 360 g/mol. The van der Waals surface area contributed by atoms with Crippen LogP contribution in [0.5, 0.6) is 0 Å². The van der Waals surface area contributed by atoms with Crippen LogP contribution < -0.4 is 10.2 Å². The van der Waals surface area contributed by atoms with Gasteiger partial charge >= 0.3 is 0 Å². The Hall–Kier alpha value is -2.18. The van der Waals surface area contributed by atoms with Crippen molar-refractivity contribution in [2.75, 3.05) is 43.4 Å². The number of nitrogens with zero attached hydrogens (tertiary/aromatic N) is 4. The van der Waals surface area contributed by atoms with Crippen molar-refractivity contribution in [1.82, 2.24) is 14.9 Å². The maximum atomic E-state index is 12.5. The third kappa shape index (κ3) is 4.08. The smallest absolute Gasteiger partial charge is 0.258 e. The highest BCUT2D eigenvalue weighted by molar-refractivity contribution is 6.34. The monoisotopic (exact) mass is 359 g/mol. The molecule has 0 saturated carbocycles. The Morgan fingerprint density at radius 3 is 2.36 bits per heavy atom. The van der Waals surface area contributed by atoms with Crippen LogP contribution >= 0.6 is 11.6 Å². The molecule has 1 amide bonds. The number of anilines is 2.